The number of hydrogen-bond donors (Lipinski definition) is 0. The molecule has 0 spiro atoms. The quantitative estimate of drug-likeness (QED) is 0.618. The molecule has 0 aromatic carbocycles. The number of alkyl halides is 3. The molecule has 0 atom stereocenters. The van der Waals surface area contributed by atoms with Crippen LogP contribution in [0.25, 0.3) is 0 Å². The van der Waals surface area contributed by atoms with E-state index < -0.39 is 6.36 Å². The highest BCUT2D eigenvalue weighted by atomic mass is 127. The lowest BCUT2D eigenvalue weighted by Crippen LogP contribution is -2.19. The highest BCUT2D eigenvalue weighted by Crippen LogP contribution is 2.31. The molecule has 1 aromatic rings. The van der Waals surface area contributed by atoms with Crippen LogP contribution in [0.5, 0.6) is 5.75 Å². The average molecular weight is 331 g/mol. The van der Waals surface area contributed by atoms with Gasteiger partial charge in [0, 0.05) is 11.8 Å². The number of nitrogens with zero attached hydrogens (tertiary/aromatic N) is 1. The standard InChI is InChI=1S/C8H5F3INO2/c1-4-6(3-14)13-2-5(12)7(4)15-8(9,10)11/h2-3H,1H3. The third-order valence-corrected chi connectivity index (χ3v) is 2.36. The maximum atomic E-state index is 12.0. The molecule has 0 amide bonds. The van der Waals surface area contributed by atoms with Crippen LogP contribution in [0, 0.1) is 10.5 Å². The topological polar surface area (TPSA) is 39.2 Å². The van der Waals surface area contributed by atoms with Gasteiger partial charge in [0.1, 0.15) is 11.4 Å². The molecule has 0 fully saturated rings. The van der Waals surface area contributed by atoms with Crippen LogP contribution in [0.4, 0.5) is 13.2 Å². The zero-order valence-corrected chi connectivity index (χ0v) is 9.59. The zero-order valence-electron chi connectivity index (χ0n) is 7.43. The van der Waals surface area contributed by atoms with Crippen LogP contribution in [0.1, 0.15) is 16.1 Å². The van der Waals surface area contributed by atoms with Gasteiger partial charge in [0.2, 0.25) is 0 Å². The van der Waals surface area contributed by atoms with Gasteiger partial charge in [-0.05, 0) is 29.5 Å². The molecule has 0 aliphatic heterocycles. The van der Waals surface area contributed by atoms with Crippen molar-refractivity contribution >= 4 is 28.9 Å². The summed E-state index contributed by atoms with van der Waals surface area (Å²) < 4.78 is 40.0. The number of aldehydes is 1. The highest BCUT2D eigenvalue weighted by Gasteiger charge is 2.33. The summed E-state index contributed by atoms with van der Waals surface area (Å²) in [5, 5.41) is 0. The number of aromatic nitrogens is 1. The summed E-state index contributed by atoms with van der Waals surface area (Å²) in [5.41, 5.74) is 0.0175. The van der Waals surface area contributed by atoms with Gasteiger partial charge in [-0.3, -0.25) is 9.78 Å². The van der Waals surface area contributed by atoms with Gasteiger partial charge in [-0.1, -0.05) is 0 Å². The van der Waals surface area contributed by atoms with E-state index in [-0.39, 0.29) is 20.6 Å². The van der Waals surface area contributed by atoms with E-state index in [0.29, 0.717) is 6.29 Å². The Labute approximate surface area is 96.8 Å². The molecule has 15 heavy (non-hydrogen) atoms. The Morgan fingerprint density at radius 1 is 1.53 bits per heavy atom. The van der Waals surface area contributed by atoms with Gasteiger partial charge in [0.05, 0.1) is 3.57 Å². The van der Waals surface area contributed by atoms with Crippen molar-refractivity contribution in [2.24, 2.45) is 0 Å². The molecular weight excluding hydrogens is 326 g/mol. The van der Waals surface area contributed by atoms with Gasteiger partial charge < -0.3 is 4.74 Å². The first-order valence-corrected chi connectivity index (χ1v) is 4.79. The van der Waals surface area contributed by atoms with Crippen molar-refractivity contribution in [1.82, 2.24) is 4.98 Å². The van der Waals surface area contributed by atoms with Crippen molar-refractivity contribution in [3.8, 4) is 5.75 Å². The van der Waals surface area contributed by atoms with Crippen LogP contribution in [0.2, 0.25) is 0 Å². The van der Waals surface area contributed by atoms with E-state index in [1.165, 1.54) is 6.92 Å². The Kier molecular flexibility index (Phi) is 3.53. The van der Waals surface area contributed by atoms with Gasteiger partial charge in [-0.15, -0.1) is 13.2 Å². The van der Waals surface area contributed by atoms with Gasteiger partial charge in [0.25, 0.3) is 0 Å². The molecule has 0 saturated carbocycles. The Morgan fingerprint density at radius 2 is 2.13 bits per heavy atom. The number of carbonyl (C=O) groups excluding carboxylic acids is 1. The Bertz CT molecular complexity index is 392. The largest absolute Gasteiger partial charge is 0.573 e. The summed E-state index contributed by atoms with van der Waals surface area (Å²) in [5.74, 6) is -0.375. The minimum absolute atomic E-state index is 0.0605. The number of ether oxygens (including phenoxy) is 1. The summed E-state index contributed by atoms with van der Waals surface area (Å²) >= 11 is 1.66. The fraction of sp³-hybridized carbons (Fsp3) is 0.250. The second kappa shape index (κ2) is 4.33. The Morgan fingerprint density at radius 3 is 2.60 bits per heavy atom. The summed E-state index contributed by atoms with van der Waals surface area (Å²) in [4.78, 5) is 14.1. The lowest BCUT2D eigenvalue weighted by Gasteiger charge is -2.13. The molecule has 0 aliphatic carbocycles. The van der Waals surface area contributed by atoms with Crippen molar-refractivity contribution in [2.45, 2.75) is 13.3 Å². The maximum absolute atomic E-state index is 12.0. The lowest BCUT2D eigenvalue weighted by atomic mass is 10.2. The zero-order chi connectivity index (χ0) is 11.6. The van der Waals surface area contributed by atoms with E-state index in [0.717, 1.165) is 6.20 Å². The fourth-order valence-electron chi connectivity index (χ4n) is 0.937. The average Bonchev–Trinajstić information content (AvgIpc) is 2.11. The smallest absolute Gasteiger partial charge is 0.404 e. The first-order chi connectivity index (χ1) is 6.85. The first-order valence-electron chi connectivity index (χ1n) is 3.71. The molecule has 3 nitrogen and oxygen atoms in total. The minimum atomic E-state index is -4.77. The van der Waals surface area contributed by atoms with Gasteiger partial charge in [-0.2, -0.15) is 0 Å². The second-order valence-corrected chi connectivity index (χ2v) is 3.77. The van der Waals surface area contributed by atoms with Gasteiger partial charge in [0.15, 0.2) is 6.29 Å². The molecule has 0 saturated heterocycles. The number of halogens is 4. The molecule has 0 unspecified atom stereocenters. The molecule has 0 radical (unpaired) electrons. The summed E-state index contributed by atoms with van der Waals surface area (Å²) in [6.45, 7) is 1.35. The predicted molar refractivity (Wildman–Crippen MR) is 53.8 cm³/mol. The molecule has 1 rings (SSSR count). The molecule has 0 N–H and O–H groups in total. The number of rotatable bonds is 2. The molecule has 1 heterocycles. The number of carbonyl (C=O) groups is 1. The van der Waals surface area contributed by atoms with E-state index in [1.54, 1.807) is 22.6 Å². The molecule has 0 aliphatic rings. The maximum Gasteiger partial charge on any atom is 0.573 e. The van der Waals surface area contributed by atoms with Crippen molar-refractivity contribution in [2.75, 3.05) is 0 Å². The lowest BCUT2D eigenvalue weighted by molar-refractivity contribution is -0.275. The third kappa shape index (κ3) is 3.05. The predicted octanol–water partition coefficient (Wildman–Crippen LogP) is 2.71. The summed E-state index contributed by atoms with van der Waals surface area (Å²) in [6, 6.07) is 0. The number of pyridine rings is 1. The summed E-state index contributed by atoms with van der Waals surface area (Å²) in [6.07, 6.45) is -3.24. The third-order valence-electron chi connectivity index (χ3n) is 1.59. The van der Waals surface area contributed by atoms with Crippen molar-refractivity contribution in [3.63, 3.8) is 0 Å². The second-order valence-electron chi connectivity index (χ2n) is 2.61. The molecule has 1 aromatic heterocycles. The molecule has 7 heteroatoms. The molecule has 0 bridgehead atoms. The Balaban J connectivity index is 3.21. The molecular formula is C8H5F3INO2. The highest BCUT2D eigenvalue weighted by molar-refractivity contribution is 14.1. The van der Waals surface area contributed by atoms with E-state index in [4.69, 9.17) is 0 Å². The molecule has 82 valence electrons. The monoisotopic (exact) mass is 331 g/mol. The first kappa shape index (κ1) is 12.2. The van der Waals surface area contributed by atoms with Crippen LogP contribution in [-0.2, 0) is 0 Å². The van der Waals surface area contributed by atoms with E-state index in [1.807, 2.05) is 0 Å². The van der Waals surface area contributed by atoms with Crippen LogP contribution >= 0.6 is 22.6 Å². The van der Waals surface area contributed by atoms with Crippen molar-refractivity contribution in [3.05, 3.63) is 21.0 Å². The SMILES string of the molecule is Cc1c(C=O)ncc(I)c1OC(F)(F)F. The van der Waals surface area contributed by atoms with Gasteiger partial charge in [-0.25, -0.2) is 0 Å². The van der Waals surface area contributed by atoms with Crippen molar-refractivity contribution < 1.29 is 22.7 Å². The van der Waals surface area contributed by atoms with E-state index >= 15 is 0 Å². The minimum Gasteiger partial charge on any atom is -0.404 e. The fourth-order valence-corrected chi connectivity index (χ4v) is 1.59. The van der Waals surface area contributed by atoms with Crippen LogP contribution in [0.15, 0.2) is 6.20 Å². The van der Waals surface area contributed by atoms with Crippen LogP contribution < -0.4 is 4.74 Å². The summed E-state index contributed by atoms with van der Waals surface area (Å²) in [7, 11) is 0. The Hall–Kier alpha value is -0.860. The van der Waals surface area contributed by atoms with Gasteiger partial charge >= 0.3 is 6.36 Å². The van der Waals surface area contributed by atoms with Crippen LogP contribution in [0.3, 0.4) is 0 Å². The van der Waals surface area contributed by atoms with E-state index in [9.17, 15) is 18.0 Å². The van der Waals surface area contributed by atoms with Crippen LogP contribution in [-0.4, -0.2) is 17.6 Å². The van der Waals surface area contributed by atoms with Crippen molar-refractivity contribution in [1.29, 1.82) is 0 Å². The van der Waals surface area contributed by atoms with E-state index in [2.05, 4.69) is 9.72 Å². The normalized spacial score (nSPS) is 11.3. The number of hydrogen-bond acceptors (Lipinski definition) is 3.